The molecule has 0 aromatic carbocycles. The van der Waals surface area contributed by atoms with Crippen LogP contribution in [0.25, 0.3) is 33.5 Å². The molecule has 0 aliphatic rings. The maximum Gasteiger partial charge on any atom is 0.182 e. The lowest BCUT2D eigenvalue weighted by Crippen LogP contribution is -2.03. The predicted molar refractivity (Wildman–Crippen MR) is 178 cm³/mol. The number of aliphatic hydroxyl groups is 1. The Morgan fingerprint density at radius 1 is 0.681 bits per heavy atom. The fraction of sp³-hybridized carbons (Fsp3) is 0.233. The monoisotopic (exact) mass is 637 g/mol. The Kier molecular flexibility index (Phi) is 11.1. The minimum absolute atomic E-state index is 0.0743. The Bertz CT molecular complexity index is 2040. The minimum Gasteiger partial charge on any atom is -0.472 e. The van der Waals surface area contributed by atoms with Crippen LogP contribution in [-0.4, -0.2) is 84.6 Å². The van der Waals surface area contributed by atoms with Crippen molar-refractivity contribution >= 4 is 50.9 Å². The Labute approximate surface area is 268 Å². The number of fused-ring (bicyclic) bond motifs is 3. The summed E-state index contributed by atoms with van der Waals surface area (Å²) in [6.07, 6.45) is 16.6. The molecule has 7 rings (SSSR count). The number of hydrogen-bond donors (Lipinski definition) is 7. The summed E-state index contributed by atoms with van der Waals surface area (Å²) in [5, 5.41) is 18.4. The van der Waals surface area contributed by atoms with Gasteiger partial charge in [-0.05, 0) is 26.8 Å². The van der Waals surface area contributed by atoms with Crippen molar-refractivity contribution in [3.8, 4) is 0 Å². The number of aromatic amines is 3. The second-order valence-electron chi connectivity index (χ2n) is 10.2. The van der Waals surface area contributed by atoms with E-state index < -0.39 is 0 Å². The van der Waals surface area contributed by atoms with E-state index in [4.69, 9.17) is 9.52 Å². The third-order valence-corrected chi connectivity index (χ3v) is 6.46. The molecule has 0 atom stereocenters. The Balaban J connectivity index is 0.000000138. The summed E-state index contributed by atoms with van der Waals surface area (Å²) < 4.78 is 4.98. The largest absolute Gasteiger partial charge is 0.472 e. The predicted octanol–water partition coefficient (Wildman–Crippen LogP) is 3.99. The van der Waals surface area contributed by atoms with Crippen molar-refractivity contribution in [2.45, 2.75) is 27.3 Å². The van der Waals surface area contributed by atoms with Gasteiger partial charge in [0.25, 0.3) is 0 Å². The maximum absolute atomic E-state index is 8.83. The van der Waals surface area contributed by atoms with Gasteiger partial charge in [0.1, 0.15) is 35.5 Å². The van der Waals surface area contributed by atoms with Crippen LogP contribution < -0.4 is 16.0 Å². The molecule has 0 saturated heterocycles. The van der Waals surface area contributed by atoms with Gasteiger partial charge in [-0.25, -0.2) is 44.9 Å². The van der Waals surface area contributed by atoms with Crippen molar-refractivity contribution in [1.29, 1.82) is 0 Å². The molecule has 0 spiro atoms. The van der Waals surface area contributed by atoms with Crippen LogP contribution in [0.3, 0.4) is 0 Å². The number of nitrogens with zero attached hydrogens (tertiary/aromatic N) is 9. The number of imidazole rings is 3. The quantitative estimate of drug-likeness (QED) is 0.105. The van der Waals surface area contributed by atoms with E-state index in [1.54, 1.807) is 31.5 Å². The van der Waals surface area contributed by atoms with Crippen LogP contribution in [0.2, 0.25) is 0 Å². The van der Waals surface area contributed by atoms with E-state index in [1.807, 2.05) is 19.1 Å². The smallest absolute Gasteiger partial charge is 0.182 e. The van der Waals surface area contributed by atoms with Crippen molar-refractivity contribution < 1.29 is 9.52 Å². The maximum atomic E-state index is 8.83. The summed E-state index contributed by atoms with van der Waals surface area (Å²) in [6.45, 7) is 8.09. The topological polar surface area (TPSA) is 233 Å². The molecule has 7 N–H and O–H groups in total. The van der Waals surface area contributed by atoms with Crippen molar-refractivity contribution in [3.63, 3.8) is 0 Å². The van der Waals surface area contributed by atoms with Crippen LogP contribution in [0.15, 0.2) is 84.3 Å². The van der Waals surface area contributed by atoms with Crippen molar-refractivity contribution in [2.24, 2.45) is 0 Å². The van der Waals surface area contributed by atoms with E-state index in [1.165, 1.54) is 24.6 Å². The fourth-order valence-corrected chi connectivity index (χ4v) is 4.01. The summed E-state index contributed by atoms with van der Waals surface area (Å²) in [4.78, 5) is 45.6. The van der Waals surface area contributed by atoms with Gasteiger partial charge in [0.15, 0.2) is 34.4 Å². The van der Waals surface area contributed by atoms with Gasteiger partial charge in [-0.2, -0.15) is 0 Å². The molecular formula is C30H35N15O2. The first-order chi connectivity index (χ1) is 23.0. The summed E-state index contributed by atoms with van der Waals surface area (Å²) in [6, 6.07) is 1.90. The van der Waals surface area contributed by atoms with Crippen LogP contribution >= 0.6 is 0 Å². The second kappa shape index (κ2) is 16.2. The number of rotatable bonds is 10. The molecule has 0 aliphatic carbocycles. The van der Waals surface area contributed by atoms with E-state index in [0.29, 0.717) is 35.8 Å². The number of aliphatic hydroxyl groups excluding tert-OH is 1. The second-order valence-corrected chi connectivity index (χ2v) is 10.2. The van der Waals surface area contributed by atoms with Gasteiger partial charge < -0.3 is 40.4 Å². The van der Waals surface area contributed by atoms with Gasteiger partial charge >= 0.3 is 0 Å². The van der Waals surface area contributed by atoms with Crippen molar-refractivity contribution in [3.05, 3.63) is 85.4 Å². The molecular weight excluding hydrogens is 602 g/mol. The molecule has 0 unspecified atom stereocenters. The Morgan fingerprint density at radius 2 is 1.17 bits per heavy atom. The summed E-state index contributed by atoms with van der Waals surface area (Å²) in [5.41, 5.74) is 7.68. The fourth-order valence-electron chi connectivity index (χ4n) is 4.01. The van der Waals surface area contributed by atoms with Gasteiger partial charge in [-0.15, -0.1) is 0 Å². The van der Waals surface area contributed by atoms with Gasteiger partial charge in [-0.3, -0.25) is 0 Å². The number of H-pyrrole nitrogens is 3. The lowest BCUT2D eigenvalue weighted by molar-refractivity contribution is 0.331. The van der Waals surface area contributed by atoms with Crippen molar-refractivity contribution in [2.75, 3.05) is 35.6 Å². The van der Waals surface area contributed by atoms with E-state index in [9.17, 15) is 0 Å². The van der Waals surface area contributed by atoms with E-state index in [-0.39, 0.29) is 6.61 Å². The van der Waals surface area contributed by atoms with E-state index in [2.05, 4.69) is 95.7 Å². The molecule has 7 aromatic rings. The van der Waals surface area contributed by atoms with Gasteiger partial charge in [0, 0.05) is 25.2 Å². The Morgan fingerprint density at radius 3 is 1.62 bits per heavy atom. The van der Waals surface area contributed by atoms with Crippen LogP contribution in [0.4, 0.5) is 17.5 Å². The highest BCUT2D eigenvalue weighted by Gasteiger charge is 2.06. The molecule has 0 fully saturated rings. The van der Waals surface area contributed by atoms with E-state index >= 15 is 0 Å². The van der Waals surface area contributed by atoms with Crippen LogP contribution in [0.1, 0.15) is 26.3 Å². The lowest BCUT2D eigenvalue weighted by atomic mass is 10.3. The molecule has 0 amide bonds. The highest BCUT2D eigenvalue weighted by atomic mass is 16.3. The third-order valence-electron chi connectivity index (χ3n) is 6.46. The molecule has 17 heteroatoms. The number of allylic oxidation sites excluding steroid dienone is 1. The lowest BCUT2D eigenvalue weighted by Gasteiger charge is -2.03. The van der Waals surface area contributed by atoms with Crippen LogP contribution in [0.5, 0.6) is 0 Å². The molecule has 7 aromatic heterocycles. The van der Waals surface area contributed by atoms with Crippen LogP contribution in [-0.2, 0) is 6.54 Å². The Hall–Kier alpha value is -6.23. The standard InChI is InChI=1S/C10H9N5O.C10H13N5O.C10H13N5/c1-2-16-4-7(1)3-11-9-8-10(13-5-12-8)15-6-14-9;1-7(4-16)2-3-11-9-8-10(13-5-12-8)15-6-14-9;1-7(2)3-4-11-9-8-10(13-5-12-8)15-6-14-9/h1-2,4-6H,3H2,(H2,11,12,13,14,15);2,5-6,16H,3-4H2,1H3,(H2,11,12,13,14,15);3,5-6H,4H2,1-2H3,(H2,11,12,13,14,15)/b;7-2+;. The van der Waals surface area contributed by atoms with Gasteiger partial charge in [0.2, 0.25) is 0 Å². The zero-order chi connectivity index (χ0) is 32.8. The SMILES string of the molecule is C/C(=C\CNc1ncnc2nc[nH]c12)CO.CC(C)=CCNc1ncnc2nc[nH]c12.c1nc(NCc2ccoc2)c2[nH]cnc2n1. The number of furan rings is 1. The number of aromatic nitrogens is 12. The normalized spacial score (nSPS) is 11.0. The molecule has 7 heterocycles. The first-order valence-corrected chi connectivity index (χ1v) is 14.6. The number of hydrogen-bond acceptors (Lipinski definition) is 14. The zero-order valence-electron chi connectivity index (χ0n) is 26.1. The highest BCUT2D eigenvalue weighted by molar-refractivity contribution is 5.83. The number of anilines is 3. The molecule has 242 valence electrons. The zero-order valence-corrected chi connectivity index (χ0v) is 26.1. The van der Waals surface area contributed by atoms with Gasteiger partial charge in [0.05, 0.1) is 38.1 Å². The number of nitrogens with one attached hydrogen (secondary N) is 6. The van der Waals surface area contributed by atoms with Crippen molar-refractivity contribution in [1.82, 2.24) is 59.8 Å². The first-order valence-electron chi connectivity index (χ1n) is 14.6. The molecule has 47 heavy (non-hydrogen) atoms. The highest BCUT2D eigenvalue weighted by Crippen LogP contribution is 2.16. The molecule has 0 saturated carbocycles. The van der Waals surface area contributed by atoms with E-state index in [0.717, 1.165) is 45.9 Å². The first kappa shape index (κ1) is 32.2. The average molecular weight is 638 g/mol. The minimum atomic E-state index is 0.0743. The van der Waals surface area contributed by atoms with Gasteiger partial charge in [-0.1, -0.05) is 23.3 Å². The summed E-state index contributed by atoms with van der Waals surface area (Å²) in [7, 11) is 0. The third kappa shape index (κ3) is 8.92. The average Bonchev–Trinajstić information content (AvgIpc) is 3.91. The molecule has 0 radical (unpaired) electrons. The molecule has 17 nitrogen and oxygen atoms in total. The summed E-state index contributed by atoms with van der Waals surface area (Å²) in [5.74, 6) is 2.24. The summed E-state index contributed by atoms with van der Waals surface area (Å²) >= 11 is 0. The molecule has 0 aliphatic heterocycles. The molecule has 0 bridgehead atoms. The van der Waals surface area contributed by atoms with Crippen LogP contribution in [0, 0.1) is 0 Å².